The number of hydrogen-bond acceptors (Lipinski definition) is 0. The molecule has 0 saturated heterocycles. The standard InChI is InChI=1S/C12H23P/c1-3-12(2)8-7-11(13)9-5-4-6-10(9)12/h9-11H,3-8,13H2,1-2H3. The van der Waals surface area contributed by atoms with Crippen molar-refractivity contribution < 1.29 is 0 Å². The molecule has 76 valence electrons. The second-order valence-corrected chi connectivity index (χ2v) is 6.27. The van der Waals surface area contributed by atoms with Gasteiger partial charge in [0.25, 0.3) is 0 Å². The topological polar surface area (TPSA) is 0 Å². The van der Waals surface area contributed by atoms with Gasteiger partial charge < -0.3 is 0 Å². The Morgan fingerprint density at radius 1 is 1.31 bits per heavy atom. The van der Waals surface area contributed by atoms with E-state index in [0.29, 0.717) is 5.41 Å². The molecule has 5 atom stereocenters. The van der Waals surface area contributed by atoms with E-state index >= 15 is 0 Å². The van der Waals surface area contributed by atoms with Crippen LogP contribution in [-0.2, 0) is 0 Å². The number of rotatable bonds is 1. The Balaban J connectivity index is 2.17. The van der Waals surface area contributed by atoms with Gasteiger partial charge in [-0.2, -0.15) is 0 Å². The smallest absolute Gasteiger partial charge is 0.0233 e. The van der Waals surface area contributed by atoms with Crippen LogP contribution in [0.2, 0.25) is 0 Å². The third-order valence-electron chi connectivity index (χ3n) is 4.87. The summed E-state index contributed by atoms with van der Waals surface area (Å²) < 4.78 is 0. The molecule has 0 nitrogen and oxygen atoms in total. The molecular weight excluding hydrogens is 175 g/mol. The second kappa shape index (κ2) is 3.54. The van der Waals surface area contributed by atoms with Gasteiger partial charge >= 0.3 is 0 Å². The summed E-state index contributed by atoms with van der Waals surface area (Å²) in [5.41, 5.74) is 1.63. The highest BCUT2D eigenvalue weighted by Crippen LogP contribution is 2.55. The van der Waals surface area contributed by atoms with Crippen LogP contribution in [0.15, 0.2) is 0 Å². The molecule has 0 N–H and O–H groups in total. The molecule has 2 aliphatic rings. The highest BCUT2D eigenvalue weighted by molar-refractivity contribution is 7.17. The van der Waals surface area contributed by atoms with Crippen molar-refractivity contribution in [2.45, 2.75) is 58.0 Å². The van der Waals surface area contributed by atoms with E-state index in [-0.39, 0.29) is 0 Å². The zero-order chi connectivity index (χ0) is 9.47. The Hall–Kier alpha value is 0.430. The molecule has 0 radical (unpaired) electrons. The Morgan fingerprint density at radius 2 is 2.08 bits per heavy atom. The zero-order valence-corrected chi connectivity index (χ0v) is 10.2. The molecule has 0 aromatic carbocycles. The fourth-order valence-electron chi connectivity index (χ4n) is 3.70. The molecule has 1 heteroatoms. The van der Waals surface area contributed by atoms with Crippen LogP contribution in [0.25, 0.3) is 0 Å². The molecule has 0 spiro atoms. The van der Waals surface area contributed by atoms with Gasteiger partial charge in [-0.15, -0.1) is 9.24 Å². The molecule has 2 aliphatic carbocycles. The third kappa shape index (κ3) is 1.56. The summed E-state index contributed by atoms with van der Waals surface area (Å²) in [6.07, 6.45) is 8.84. The predicted molar refractivity (Wildman–Crippen MR) is 62.0 cm³/mol. The van der Waals surface area contributed by atoms with Gasteiger partial charge in [-0.1, -0.05) is 26.7 Å². The van der Waals surface area contributed by atoms with Crippen LogP contribution < -0.4 is 0 Å². The van der Waals surface area contributed by atoms with Crippen LogP contribution in [0, 0.1) is 17.3 Å². The number of fused-ring (bicyclic) bond motifs is 1. The van der Waals surface area contributed by atoms with Crippen molar-refractivity contribution in [1.29, 1.82) is 0 Å². The van der Waals surface area contributed by atoms with Gasteiger partial charge in [-0.25, -0.2) is 0 Å². The Labute approximate surface area is 85.1 Å². The van der Waals surface area contributed by atoms with Crippen molar-refractivity contribution in [2.24, 2.45) is 17.3 Å². The van der Waals surface area contributed by atoms with E-state index in [4.69, 9.17) is 0 Å². The number of hydrogen-bond donors (Lipinski definition) is 0. The van der Waals surface area contributed by atoms with Crippen molar-refractivity contribution in [3.63, 3.8) is 0 Å². The molecule has 2 rings (SSSR count). The quantitative estimate of drug-likeness (QED) is 0.561. The Kier molecular flexibility index (Phi) is 2.71. The van der Waals surface area contributed by atoms with Crippen molar-refractivity contribution >= 4 is 9.24 Å². The summed E-state index contributed by atoms with van der Waals surface area (Å²) in [5, 5.41) is 0. The van der Waals surface area contributed by atoms with Crippen LogP contribution in [0.5, 0.6) is 0 Å². The molecular formula is C12H23P. The summed E-state index contributed by atoms with van der Waals surface area (Å²) in [5.74, 6) is 2.09. The lowest BCUT2D eigenvalue weighted by atomic mass is 9.62. The molecule has 5 unspecified atom stereocenters. The van der Waals surface area contributed by atoms with E-state index in [9.17, 15) is 0 Å². The highest BCUT2D eigenvalue weighted by Gasteiger charge is 2.45. The van der Waals surface area contributed by atoms with E-state index in [1.54, 1.807) is 0 Å². The van der Waals surface area contributed by atoms with Gasteiger partial charge in [0.05, 0.1) is 0 Å². The van der Waals surface area contributed by atoms with Crippen LogP contribution in [0.3, 0.4) is 0 Å². The molecule has 0 bridgehead atoms. The first-order valence-corrected chi connectivity index (χ1v) is 6.59. The fraction of sp³-hybridized carbons (Fsp3) is 1.00. The van der Waals surface area contributed by atoms with E-state index < -0.39 is 0 Å². The summed E-state index contributed by atoms with van der Waals surface area (Å²) in [4.78, 5) is 0. The SMILES string of the molecule is CCC1(C)CCC(P)C2CCCC21. The molecule has 0 amide bonds. The average molecular weight is 198 g/mol. The van der Waals surface area contributed by atoms with Crippen molar-refractivity contribution in [3.05, 3.63) is 0 Å². The third-order valence-corrected chi connectivity index (χ3v) is 5.70. The zero-order valence-electron chi connectivity index (χ0n) is 9.05. The first-order valence-electron chi connectivity index (χ1n) is 5.93. The molecule has 2 fully saturated rings. The highest BCUT2D eigenvalue weighted by atomic mass is 31.0. The van der Waals surface area contributed by atoms with E-state index in [1.165, 1.54) is 38.5 Å². The molecule has 0 aromatic rings. The van der Waals surface area contributed by atoms with Gasteiger partial charge in [-0.05, 0) is 48.6 Å². The lowest BCUT2D eigenvalue weighted by Gasteiger charge is -2.46. The Morgan fingerprint density at radius 3 is 2.77 bits per heavy atom. The average Bonchev–Trinajstić information content (AvgIpc) is 2.62. The largest absolute Gasteiger partial charge is 0.134 e. The van der Waals surface area contributed by atoms with E-state index in [1.807, 2.05) is 0 Å². The van der Waals surface area contributed by atoms with E-state index in [0.717, 1.165) is 17.5 Å². The van der Waals surface area contributed by atoms with Crippen LogP contribution in [-0.4, -0.2) is 5.66 Å². The lowest BCUT2D eigenvalue weighted by molar-refractivity contribution is 0.0795. The normalized spacial score (nSPS) is 50.5. The first-order chi connectivity index (χ1) is 6.17. The molecule has 0 heterocycles. The predicted octanol–water partition coefficient (Wildman–Crippen LogP) is 3.86. The maximum atomic E-state index is 3.10. The minimum absolute atomic E-state index is 0.689. The maximum Gasteiger partial charge on any atom is -0.0233 e. The lowest BCUT2D eigenvalue weighted by Crippen LogP contribution is -2.38. The minimum Gasteiger partial charge on any atom is -0.134 e. The van der Waals surface area contributed by atoms with Crippen LogP contribution >= 0.6 is 9.24 Å². The van der Waals surface area contributed by atoms with Crippen molar-refractivity contribution in [2.75, 3.05) is 0 Å². The maximum absolute atomic E-state index is 3.10. The van der Waals surface area contributed by atoms with Gasteiger partial charge in [0.1, 0.15) is 0 Å². The van der Waals surface area contributed by atoms with Gasteiger partial charge in [0.2, 0.25) is 0 Å². The fourth-order valence-corrected chi connectivity index (χ4v) is 4.33. The summed E-state index contributed by atoms with van der Waals surface area (Å²) in [6.45, 7) is 4.92. The monoisotopic (exact) mass is 198 g/mol. The van der Waals surface area contributed by atoms with Crippen molar-refractivity contribution in [1.82, 2.24) is 0 Å². The van der Waals surface area contributed by atoms with Gasteiger partial charge in [0, 0.05) is 0 Å². The second-order valence-electron chi connectivity index (χ2n) is 5.41. The summed E-state index contributed by atoms with van der Waals surface area (Å²) in [6, 6.07) is 0. The van der Waals surface area contributed by atoms with Crippen LogP contribution in [0.1, 0.15) is 52.4 Å². The Bertz CT molecular complexity index is 190. The van der Waals surface area contributed by atoms with Crippen molar-refractivity contribution in [3.8, 4) is 0 Å². The molecule has 13 heavy (non-hydrogen) atoms. The first kappa shape index (κ1) is 9.97. The van der Waals surface area contributed by atoms with E-state index in [2.05, 4.69) is 23.1 Å². The summed E-state index contributed by atoms with van der Waals surface area (Å²) in [7, 11) is 3.10. The van der Waals surface area contributed by atoms with Crippen LogP contribution in [0.4, 0.5) is 0 Å². The molecule has 0 aliphatic heterocycles. The van der Waals surface area contributed by atoms with Gasteiger partial charge in [-0.3, -0.25) is 0 Å². The minimum atomic E-state index is 0.689. The van der Waals surface area contributed by atoms with Gasteiger partial charge in [0.15, 0.2) is 0 Å². The molecule has 0 aromatic heterocycles. The summed E-state index contributed by atoms with van der Waals surface area (Å²) >= 11 is 0. The molecule has 2 saturated carbocycles.